The molecule has 1 aliphatic heterocycles. The summed E-state index contributed by atoms with van der Waals surface area (Å²) in [6.45, 7) is 0.701. The summed E-state index contributed by atoms with van der Waals surface area (Å²) < 4.78 is 0. The monoisotopic (exact) mass is 240 g/mol. The van der Waals surface area contributed by atoms with Crippen molar-refractivity contribution in [2.75, 3.05) is 6.67 Å². The third kappa shape index (κ3) is 1.46. The quantitative estimate of drug-likeness (QED) is 0.711. The van der Waals surface area contributed by atoms with Gasteiger partial charge in [-0.3, -0.25) is 4.99 Å². The van der Waals surface area contributed by atoms with E-state index in [4.69, 9.17) is 0 Å². The number of aryl methyl sites for hydroxylation is 1. The minimum atomic E-state index is 0.534. The van der Waals surface area contributed by atoms with Crippen LogP contribution in [0, 0.1) is 5.92 Å². The molecule has 1 unspecified atom stereocenters. The normalized spacial score (nSPS) is 22.7. The summed E-state index contributed by atoms with van der Waals surface area (Å²) in [5.74, 6) is 1.66. The highest BCUT2D eigenvalue weighted by Gasteiger charge is 2.26. The van der Waals surface area contributed by atoms with Gasteiger partial charge in [0.05, 0.1) is 0 Å². The van der Waals surface area contributed by atoms with Crippen LogP contribution in [0.2, 0.25) is 0 Å². The van der Waals surface area contributed by atoms with E-state index in [0.717, 1.165) is 18.7 Å². The predicted molar refractivity (Wildman–Crippen MR) is 72.4 cm³/mol. The van der Waals surface area contributed by atoms with E-state index in [1.165, 1.54) is 28.6 Å². The topological polar surface area (TPSA) is 52.2 Å². The average molecular weight is 240 g/mol. The number of benzene rings is 1. The Kier molecular flexibility index (Phi) is 2.17. The molecule has 0 bridgehead atoms. The van der Waals surface area contributed by atoms with Crippen LogP contribution in [0.1, 0.15) is 17.7 Å². The number of nitrogens with one attached hydrogen (secondary N) is 3. The Balaban J connectivity index is 1.75. The molecule has 18 heavy (non-hydrogen) atoms. The van der Waals surface area contributed by atoms with Gasteiger partial charge in [0.1, 0.15) is 12.5 Å². The Morgan fingerprint density at radius 2 is 2.17 bits per heavy atom. The fraction of sp³-hybridized carbons (Fsp3) is 0.357. The lowest BCUT2D eigenvalue weighted by Gasteiger charge is -2.22. The number of fused-ring (bicyclic) bond motifs is 3. The van der Waals surface area contributed by atoms with Crippen molar-refractivity contribution in [2.45, 2.75) is 19.3 Å². The van der Waals surface area contributed by atoms with Crippen LogP contribution in [0.15, 0.2) is 29.3 Å². The molecule has 2 heterocycles. The van der Waals surface area contributed by atoms with E-state index >= 15 is 0 Å². The van der Waals surface area contributed by atoms with Crippen molar-refractivity contribution in [3.63, 3.8) is 0 Å². The standard InChI is InChI=1S/C14H16N4/c1-2-4-12-10(3-1)11-7-9(5-6-13(11)17-12)14-15-8-16-18-14/h1-4,9,16-17H,5-8H2,(H,15,18). The predicted octanol–water partition coefficient (Wildman–Crippen LogP) is 1.74. The van der Waals surface area contributed by atoms with Gasteiger partial charge in [0.15, 0.2) is 0 Å². The van der Waals surface area contributed by atoms with E-state index in [0.29, 0.717) is 12.6 Å². The van der Waals surface area contributed by atoms with Crippen LogP contribution < -0.4 is 10.9 Å². The molecule has 1 aromatic carbocycles. The number of aromatic nitrogens is 1. The number of aliphatic imine (C=N–C) groups is 1. The molecule has 0 saturated heterocycles. The van der Waals surface area contributed by atoms with Gasteiger partial charge in [-0.25, -0.2) is 5.43 Å². The van der Waals surface area contributed by atoms with Gasteiger partial charge in [0, 0.05) is 22.5 Å². The third-order valence-corrected chi connectivity index (χ3v) is 4.03. The number of hydrogen-bond donors (Lipinski definition) is 3. The second kappa shape index (κ2) is 3.85. The Morgan fingerprint density at radius 3 is 3.06 bits per heavy atom. The van der Waals surface area contributed by atoms with Crippen molar-refractivity contribution in [1.29, 1.82) is 0 Å². The fourth-order valence-electron chi connectivity index (χ4n) is 3.13. The first-order valence-corrected chi connectivity index (χ1v) is 6.53. The van der Waals surface area contributed by atoms with Crippen molar-refractivity contribution in [1.82, 2.24) is 15.8 Å². The van der Waals surface area contributed by atoms with Crippen molar-refractivity contribution < 1.29 is 0 Å². The molecular formula is C14H16N4. The first-order chi connectivity index (χ1) is 8.92. The molecule has 4 heteroatoms. The van der Waals surface area contributed by atoms with Gasteiger partial charge >= 0.3 is 0 Å². The van der Waals surface area contributed by atoms with Gasteiger partial charge in [0.25, 0.3) is 0 Å². The largest absolute Gasteiger partial charge is 0.358 e. The summed E-state index contributed by atoms with van der Waals surface area (Å²) in [6.07, 6.45) is 3.38. The maximum Gasteiger partial charge on any atom is 0.116 e. The molecule has 1 aliphatic carbocycles. The van der Waals surface area contributed by atoms with Crippen LogP contribution in [-0.2, 0) is 12.8 Å². The van der Waals surface area contributed by atoms with Crippen LogP contribution in [0.25, 0.3) is 10.9 Å². The van der Waals surface area contributed by atoms with E-state index in [1.54, 1.807) is 0 Å². The zero-order valence-electron chi connectivity index (χ0n) is 10.2. The van der Waals surface area contributed by atoms with Crippen LogP contribution in [0.3, 0.4) is 0 Å². The summed E-state index contributed by atoms with van der Waals surface area (Å²) in [7, 11) is 0. The lowest BCUT2D eigenvalue weighted by atomic mass is 9.85. The lowest BCUT2D eigenvalue weighted by molar-refractivity contribution is 0.563. The second-order valence-electron chi connectivity index (χ2n) is 5.07. The Hall–Kier alpha value is -1.81. The van der Waals surface area contributed by atoms with E-state index in [9.17, 15) is 0 Å². The van der Waals surface area contributed by atoms with E-state index in [-0.39, 0.29) is 0 Å². The van der Waals surface area contributed by atoms with Gasteiger partial charge in [-0.05, 0) is 30.9 Å². The maximum atomic E-state index is 4.48. The van der Waals surface area contributed by atoms with Gasteiger partial charge in [-0.1, -0.05) is 18.2 Å². The Bertz CT molecular complexity index is 626. The lowest BCUT2D eigenvalue weighted by Crippen LogP contribution is -2.36. The van der Waals surface area contributed by atoms with Crippen molar-refractivity contribution in [3.8, 4) is 0 Å². The van der Waals surface area contributed by atoms with Crippen molar-refractivity contribution >= 4 is 16.7 Å². The summed E-state index contributed by atoms with van der Waals surface area (Å²) >= 11 is 0. The summed E-state index contributed by atoms with van der Waals surface area (Å²) in [5.41, 5.74) is 10.4. The van der Waals surface area contributed by atoms with Gasteiger partial charge < -0.3 is 10.4 Å². The molecule has 3 N–H and O–H groups in total. The van der Waals surface area contributed by atoms with Crippen molar-refractivity contribution in [2.24, 2.45) is 10.9 Å². The zero-order chi connectivity index (χ0) is 11.9. The minimum absolute atomic E-state index is 0.534. The molecule has 92 valence electrons. The number of hydrazine groups is 1. The molecule has 0 fully saturated rings. The fourth-order valence-corrected chi connectivity index (χ4v) is 3.13. The third-order valence-electron chi connectivity index (χ3n) is 4.03. The Labute approximate surface area is 105 Å². The van der Waals surface area contributed by atoms with Crippen LogP contribution in [-0.4, -0.2) is 17.5 Å². The van der Waals surface area contributed by atoms with Crippen LogP contribution in [0.4, 0.5) is 0 Å². The minimum Gasteiger partial charge on any atom is -0.358 e. The molecular weight excluding hydrogens is 224 g/mol. The van der Waals surface area contributed by atoms with Gasteiger partial charge in [-0.15, -0.1) is 0 Å². The molecule has 4 nitrogen and oxygen atoms in total. The van der Waals surface area contributed by atoms with Crippen LogP contribution in [0.5, 0.6) is 0 Å². The van der Waals surface area contributed by atoms with E-state index < -0.39 is 0 Å². The van der Waals surface area contributed by atoms with Gasteiger partial charge in [0.2, 0.25) is 0 Å². The summed E-state index contributed by atoms with van der Waals surface area (Å²) in [4.78, 5) is 8.03. The molecule has 0 radical (unpaired) electrons. The number of hydrogen-bond acceptors (Lipinski definition) is 3. The second-order valence-corrected chi connectivity index (χ2v) is 5.07. The first kappa shape index (κ1) is 10.1. The summed E-state index contributed by atoms with van der Waals surface area (Å²) in [5, 5.41) is 1.38. The number of aromatic amines is 1. The number of amidine groups is 1. The average Bonchev–Trinajstić information content (AvgIpc) is 3.05. The summed E-state index contributed by atoms with van der Waals surface area (Å²) in [6, 6.07) is 8.59. The number of H-pyrrole nitrogens is 1. The van der Waals surface area contributed by atoms with E-state index in [2.05, 4.69) is 45.1 Å². The van der Waals surface area contributed by atoms with Crippen LogP contribution >= 0.6 is 0 Å². The molecule has 0 spiro atoms. The molecule has 4 rings (SSSR count). The highest BCUT2D eigenvalue weighted by atomic mass is 15.5. The zero-order valence-corrected chi connectivity index (χ0v) is 10.2. The molecule has 2 aliphatic rings. The van der Waals surface area contributed by atoms with Crippen molar-refractivity contribution in [3.05, 3.63) is 35.5 Å². The highest BCUT2D eigenvalue weighted by Crippen LogP contribution is 2.32. The molecule has 0 saturated carbocycles. The number of nitrogens with zero attached hydrogens (tertiary/aromatic N) is 1. The maximum absolute atomic E-state index is 4.48. The Morgan fingerprint density at radius 1 is 1.22 bits per heavy atom. The smallest absolute Gasteiger partial charge is 0.116 e. The first-order valence-electron chi connectivity index (χ1n) is 6.53. The molecule has 2 aromatic rings. The van der Waals surface area contributed by atoms with Gasteiger partial charge in [-0.2, -0.15) is 0 Å². The molecule has 0 amide bonds. The number of para-hydroxylation sites is 1. The van der Waals surface area contributed by atoms with E-state index in [1.807, 2.05) is 0 Å². The molecule has 1 atom stereocenters. The number of rotatable bonds is 1. The highest BCUT2D eigenvalue weighted by molar-refractivity contribution is 5.89. The SMILES string of the molecule is c1ccc2c3c([nH]c2c1)CCC(C1=NCNN1)C3. The molecule has 1 aromatic heterocycles.